The van der Waals surface area contributed by atoms with Gasteiger partial charge in [-0.1, -0.05) is 26.7 Å². The lowest BCUT2D eigenvalue weighted by molar-refractivity contribution is 0.242. The van der Waals surface area contributed by atoms with Crippen molar-refractivity contribution >= 4 is 11.6 Å². The average Bonchev–Trinajstić information content (AvgIpc) is 2.46. The molecule has 2 fully saturated rings. The molecule has 2 aliphatic rings. The largest absolute Gasteiger partial charge is 0.383 e. The Hall–Kier alpha value is -1.32. The van der Waals surface area contributed by atoms with Crippen molar-refractivity contribution in [2.75, 3.05) is 17.2 Å². The zero-order chi connectivity index (χ0) is 14.1. The van der Waals surface area contributed by atoms with E-state index >= 15 is 0 Å². The Morgan fingerprint density at radius 1 is 1.15 bits per heavy atom. The van der Waals surface area contributed by atoms with Gasteiger partial charge in [-0.2, -0.15) is 0 Å². The predicted octanol–water partition coefficient (Wildman–Crippen LogP) is 3.34. The molecule has 1 saturated heterocycles. The number of fused-ring (bicyclic) bond motifs is 1. The Morgan fingerprint density at radius 2 is 1.90 bits per heavy atom. The molecular formula is C16H26N4. The van der Waals surface area contributed by atoms with Crippen LogP contribution in [0.5, 0.6) is 0 Å². The van der Waals surface area contributed by atoms with Crippen LogP contribution in [-0.2, 0) is 0 Å². The molecule has 4 heteroatoms. The van der Waals surface area contributed by atoms with E-state index in [0.717, 1.165) is 23.8 Å². The van der Waals surface area contributed by atoms with E-state index in [1.54, 1.807) is 6.33 Å². The number of nitrogens with zero attached hydrogens (tertiary/aromatic N) is 3. The quantitative estimate of drug-likeness (QED) is 0.898. The second-order valence-corrected chi connectivity index (χ2v) is 6.60. The molecule has 1 aliphatic heterocycles. The molecule has 110 valence electrons. The van der Waals surface area contributed by atoms with Crippen LogP contribution in [0.1, 0.15) is 63.9 Å². The normalized spacial score (nSPS) is 26.6. The van der Waals surface area contributed by atoms with Gasteiger partial charge in [0, 0.05) is 18.2 Å². The van der Waals surface area contributed by atoms with Crippen molar-refractivity contribution in [3.05, 3.63) is 11.9 Å². The molecular weight excluding hydrogens is 248 g/mol. The number of nitrogen functional groups attached to an aromatic ring is 1. The van der Waals surface area contributed by atoms with Crippen molar-refractivity contribution in [2.45, 2.75) is 64.3 Å². The lowest BCUT2D eigenvalue weighted by Crippen LogP contribution is -2.47. The summed E-state index contributed by atoms with van der Waals surface area (Å²) >= 11 is 0. The molecule has 2 heterocycles. The third-order valence-electron chi connectivity index (χ3n) is 4.99. The SMILES string of the molecule is CC(C)c1c(N)ncnc1N1CCC[C@H]2CCCC[C@H]21. The van der Waals surface area contributed by atoms with Crippen LogP contribution in [0.2, 0.25) is 0 Å². The van der Waals surface area contributed by atoms with Gasteiger partial charge in [-0.05, 0) is 37.5 Å². The standard InChI is InChI=1S/C16H26N4/c1-11(2)14-15(17)18-10-19-16(14)20-9-5-7-12-6-3-4-8-13(12)20/h10-13H,3-9H2,1-2H3,(H2,17,18,19)/t12-,13-/m1/s1. The monoisotopic (exact) mass is 274 g/mol. The molecule has 1 aromatic heterocycles. The first kappa shape index (κ1) is 13.7. The van der Waals surface area contributed by atoms with Gasteiger partial charge in [0.25, 0.3) is 0 Å². The Bertz CT molecular complexity index is 470. The smallest absolute Gasteiger partial charge is 0.137 e. The van der Waals surface area contributed by atoms with Crippen molar-refractivity contribution in [3.63, 3.8) is 0 Å². The Labute approximate surface area is 121 Å². The van der Waals surface area contributed by atoms with Crippen LogP contribution in [-0.4, -0.2) is 22.6 Å². The summed E-state index contributed by atoms with van der Waals surface area (Å²) in [7, 11) is 0. The van der Waals surface area contributed by atoms with Crippen molar-refractivity contribution in [1.29, 1.82) is 0 Å². The number of hydrogen-bond donors (Lipinski definition) is 1. The molecule has 1 aromatic rings. The first-order chi connectivity index (χ1) is 9.68. The Morgan fingerprint density at radius 3 is 2.70 bits per heavy atom. The van der Waals surface area contributed by atoms with Gasteiger partial charge in [-0.25, -0.2) is 9.97 Å². The topological polar surface area (TPSA) is 55.0 Å². The highest BCUT2D eigenvalue weighted by atomic mass is 15.2. The Kier molecular flexibility index (Phi) is 3.81. The average molecular weight is 274 g/mol. The van der Waals surface area contributed by atoms with Gasteiger partial charge < -0.3 is 10.6 Å². The number of nitrogens with two attached hydrogens (primary N) is 1. The van der Waals surface area contributed by atoms with Crippen molar-refractivity contribution < 1.29 is 0 Å². The van der Waals surface area contributed by atoms with E-state index in [4.69, 9.17) is 5.73 Å². The van der Waals surface area contributed by atoms with Gasteiger partial charge in [0.15, 0.2) is 0 Å². The zero-order valence-electron chi connectivity index (χ0n) is 12.7. The molecule has 2 N–H and O–H groups in total. The highest BCUT2D eigenvalue weighted by Crippen LogP contribution is 2.40. The fraction of sp³-hybridized carbons (Fsp3) is 0.750. The summed E-state index contributed by atoms with van der Waals surface area (Å²) in [6.45, 7) is 5.49. The summed E-state index contributed by atoms with van der Waals surface area (Å²) in [5.74, 6) is 2.98. The summed E-state index contributed by atoms with van der Waals surface area (Å²) in [5.41, 5.74) is 7.26. The molecule has 0 aromatic carbocycles. The maximum Gasteiger partial charge on any atom is 0.137 e. The number of rotatable bonds is 2. The molecule has 3 rings (SSSR count). The molecule has 2 atom stereocenters. The van der Waals surface area contributed by atoms with E-state index in [0.29, 0.717) is 17.8 Å². The summed E-state index contributed by atoms with van der Waals surface area (Å²) in [6, 6.07) is 0.671. The highest BCUT2D eigenvalue weighted by Gasteiger charge is 2.35. The van der Waals surface area contributed by atoms with Crippen LogP contribution < -0.4 is 10.6 Å². The van der Waals surface area contributed by atoms with Crippen LogP contribution in [0.15, 0.2) is 6.33 Å². The molecule has 0 unspecified atom stereocenters. The third kappa shape index (κ3) is 2.36. The van der Waals surface area contributed by atoms with E-state index in [1.165, 1.54) is 38.5 Å². The highest BCUT2D eigenvalue weighted by molar-refractivity contribution is 5.59. The molecule has 0 amide bonds. The van der Waals surface area contributed by atoms with Crippen molar-refractivity contribution in [3.8, 4) is 0 Å². The minimum atomic E-state index is 0.371. The minimum Gasteiger partial charge on any atom is -0.383 e. The zero-order valence-corrected chi connectivity index (χ0v) is 12.7. The van der Waals surface area contributed by atoms with Crippen molar-refractivity contribution in [2.24, 2.45) is 5.92 Å². The minimum absolute atomic E-state index is 0.371. The molecule has 20 heavy (non-hydrogen) atoms. The van der Waals surface area contributed by atoms with Crippen molar-refractivity contribution in [1.82, 2.24) is 9.97 Å². The van der Waals surface area contributed by atoms with Crippen LogP contribution in [0.4, 0.5) is 11.6 Å². The summed E-state index contributed by atoms with van der Waals surface area (Å²) in [5, 5.41) is 0. The van der Waals surface area contributed by atoms with Gasteiger partial charge in [-0.15, -0.1) is 0 Å². The Balaban J connectivity index is 1.97. The maximum absolute atomic E-state index is 6.12. The third-order valence-corrected chi connectivity index (χ3v) is 4.99. The molecule has 1 aliphatic carbocycles. The first-order valence-corrected chi connectivity index (χ1v) is 8.05. The second-order valence-electron chi connectivity index (χ2n) is 6.60. The summed E-state index contributed by atoms with van der Waals surface area (Å²) in [6.07, 6.45) is 9.75. The fourth-order valence-electron chi connectivity index (χ4n) is 4.07. The van der Waals surface area contributed by atoms with Crippen LogP contribution >= 0.6 is 0 Å². The maximum atomic E-state index is 6.12. The van der Waals surface area contributed by atoms with E-state index in [9.17, 15) is 0 Å². The second kappa shape index (κ2) is 5.58. The van der Waals surface area contributed by atoms with Crippen LogP contribution in [0.3, 0.4) is 0 Å². The molecule has 4 nitrogen and oxygen atoms in total. The van der Waals surface area contributed by atoms with E-state index in [2.05, 4.69) is 28.7 Å². The van der Waals surface area contributed by atoms with Gasteiger partial charge in [-0.3, -0.25) is 0 Å². The first-order valence-electron chi connectivity index (χ1n) is 8.05. The summed E-state index contributed by atoms with van der Waals surface area (Å²) < 4.78 is 0. The van der Waals surface area contributed by atoms with Gasteiger partial charge in [0.1, 0.15) is 18.0 Å². The van der Waals surface area contributed by atoms with E-state index in [-0.39, 0.29) is 0 Å². The fourth-order valence-corrected chi connectivity index (χ4v) is 4.07. The number of anilines is 2. The van der Waals surface area contributed by atoms with Crippen LogP contribution in [0, 0.1) is 5.92 Å². The summed E-state index contributed by atoms with van der Waals surface area (Å²) in [4.78, 5) is 11.4. The van der Waals surface area contributed by atoms with E-state index < -0.39 is 0 Å². The van der Waals surface area contributed by atoms with E-state index in [1.807, 2.05) is 0 Å². The number of aromatic nitrogens is 2. The van der Waals surface area contributed by atoms with Gasteiger partial charge in [0.2, 0.25) is 0 Å². The van der Waals surface area contributed by atoms with Gasteiger partial charge >= 0.3 is 0 Å². The predicted molar refractivity (Wildman–Crippen MR) is 82.9 cm³/mol. The van der Waals surface area contributed by atoms with Crippen LogP contribution in [0.25, 0.3) is 0 Å². The molecule has 0 spiro atoms. The molecule has 1 saturated carbocycles. The molecule has 0 bridgehead atoms. The number of hydrogen-bond acceptors (Lipinski definition) is 4. The lowest BCUT2D eigenvalue weighted by Gasteiger charge is -2.45. The number of piperidine rings is 1. The van der Waals surface area contributed by atoms with Gasteiger partial charge in [0.05, 0.1) is 0 Å². The molecule has 0 radical (unpaired) electrons. The lowest BCUT2D eigenvalue weighted by atomic mass is 9.78.